The van der Waals surface area contributed by atoms with Crippen LogP contribution in [0.15, 0.2) is 4.99 Å². The summed E-state index contributed by atoms with van der Waals surface area (Å²) in [5.74, 6) is 1.54. The van der Waals surface area contributed by atoms with Crippen molar-refractivity contribution >= 4 is 41.3 Å². The van der Waals surface area contributed by atoms with Crippen molar-refractivity contribution in [1.29, 1.82) is 0 Å². The second kappa shape index (κ2) is 10.7. The highest BCUT2D eigenvalue weighted by Gasteiger charge is 2.31. The molecule has 1 fully saturated rings. The van der Waals surface area contributed by atoms with E-state index in [0.717, 1.165) is 38.4 Å². The summed E-state index contributed by atoms with van der Waals surface area (Å²) < 4.78 is 0. The summed E-state index contributed by atoms with van der Waals surface area (Å²) in [7, 11) is 1.85. The molecule has 1 saturated heterocycles. The van der Waals surface area contributed by atoms with Crippen LogP contribution in [0.5, 0.6) is 0 Å². The largest absolute Gasteiger partial charge is 0.356 e. The van der Waals surface area contributed by atoms with E-state index in [2.05, 4.69) is 55.1 Å². The number of aliphatic imine (C=N–C) groups is 1. The molecule has 144 valence electrons. The molecule has 2 unspecified atom stereocenters. The third kappa shape index (κ3) is 6.36. The van der Waals surface area contributed by atoms with Crippen LogP contribution in [0.1, 0.15) is 43.3 Å². The van der Waals surface area contributed by atoms with Crippen molar-refractivity contribution in [2.45, 2.75) is 59.5 Å². The number of thiazole rings is 1. The Bertz CT molecular complexity index is 558. The summed E-state index contributed by atoms with van der Waals surface area (Å²) >= 11 is 1.82. The number of aromatic nitrogens is 1. The van der Waals surface area contributed by atoms with Gasteiger partial charge >= 0.3 is 0 Å². The first-order valence-electron chi connectivity index (χ1n) is 9.11. The molecule has 25 heavy (non-hydrogen) atoms. The van der Waals surface area contributed by atoms with Crippen LogP contribution in [0, 0.1) is 12.8 Å². The molecule has 5 nitrogen and oxygen atoms in total. The van der Waals surface area contributed by atoms with Crippen LogP contribution < -0.4 is 10.6 Å². The highest BCUT2D eigenvalue weighted by Crippen LogP contribution is 2.19. The Hall–Kier alpha value is -0.410. The number of hydrogen-bond donors (Lipinski definition) is 2. The Morgan fingerprint density at radius 3 is 2.64 bits per heavy atom. The maximum Gasteiger partial charge on any atom is 0.191 e. The van der Waals surface area contributed by atoms with Gasteiger partial charge in [-0.15, -0.1) is 35.3 Å². The molecule has 0 aliphatic carbocycles. The molecule has 0 aromatic carbocycles. The molecule has 1 aromatic rings. The Balaban J connectivity index is 0.00000312. The van der Waals surface area contributed by atoms with Crippen LogP contribution in [0.25, 0.3) is 0 Å². The van der Waals surface area contributed by atoms with Crippen LogP contribution in [-0.4, -0.2) is 54.6 Å². The van der Waals surface area contributed by atoms with E-state index in [1.807, 2.05) is 18.4 Å². The zero-order chi connectivity index (χ0) is 17.7. The quantitative estimate of drug-likeness (QED) is 0.374. The lowest BCUT2D eigenvalue weighted by molar-refractivity contribution is 0.265. The van der Waals surface area contributed by atoms with E-state index in [0.29, 0.717) is 18.0 Å². The van der Waals surface area contributed by atoms with Crippen LogP contribution >= 0.6 is 35.3 Å². The second-order valence-electron chi connectivity index (χ2n) is 6.99. The average molecular weight is 479 g/mol. The maximum absolute atomic E-state index is 4.71. The van der Waals surface area contributed by atoms with Gasteiger partial charge in [0.1, 0.15) is 0 Å². The smallest absolute Gasteiger partial charge is 0.191 e. The van der Waals surface area contributed by atoms with Gasteiger partial charge < -0.3 is 10.6 Å². The molecule has 0 bridgehead atoms. The molecule has 1 aliphatic heterocycles. The molecule has 7 heteroatoms. The normalized spacial score (nSPS) is 21.5. The number of rotatable bonds is 6. The molecule has 0 saturated carbocycles. The number of hydrogen-bond acceptors (Lipinski definition) is 4. The third-order valence-electron chi connectivity index (χ3n) is 4.82. The van der Waals surface area contributed by atoms with Gasteiger partial charge in [-0.1, -0.05) is 13.8 Å². The minimum atomic E-state index is 0. The Labute approximate surface area is 174 Å². The molecule has 0 radical (unpaired) electrons. The fraction of sp³-hybridized carbons (Fsp3) is 0.778. The van der Waals surface area contributed by atoms with Gasteiger partial charge in [0.2, 0.25) is 0 Å². The highest BCUT2D eigenvalue weighted by atomic mass is 127. The van der Waals surface area contributed by atoms with E-state index >= 15 is 0 Å². The van der Waals surface area contributed by atoms with E-state index in [1.165, 1.54) is 15.6 Å². The molecular formula is C18H34IN5S. The number of nitrogens with one attached hydrogen (secondary N) is 2. The zero-order valence-corrected chi connectivity index (χ0v) is 19.6. The van der Waals surface area contributed by atoms with Gasteiger partial charge in [-0.25, -0.2) is 4.98 Å². The van der Waals surface area contributed by atoms with Gasteiger partial charge in [-0.05, 0) is 33.1 Å². The first kappa shape index (κ1) is 22.6. The molecule has 1 aromatic heterocycles. The topological polar surface area (TPSA) is 52.6 Å². The molecule has 0 amide bonds. The molecule has 2 atom stereocenters. The Kier molecular flexibility index (Phi) is 9.66. The van der Waals surface area contributed by atoms with Crippen molar-refractivity contribution in [2.75, 3.05) is 26.7 Å². The van der Waals surface area contributed by atoms with Crippen molar-refractivity contribution in [3.8, 4) is 0 Å². The summed E-state index contributed by atoms with van der Waals surface area (Å²) in [6.07, 6.45) is 1.97. The lowest BCUT2D eigenvalue weighted by Crippen LogP contribution is -2.47. The lowest BCUT2D eigenvalue weighted by atomic mass is 10.1. The summed E-state index contributed by atoms with van der Waals surface area (Å²) in [5, 5.41) is 8.25. The van der Waals surface area contributed by atoms with Crippen molar-refractivity contribution in [3.05, 3.63) is 15.6 Å². The summed E-state index contributed by atoms with van der Waals surface area (Å²) in [5.41, 5.74) is 1.24. The number of likely N-dealkylation sites (tertiary alicyclic amines) is 1. The molecular weight excluding hydrogens is 445 g/mol. The number of aryl methyl sites for hydroxylation is 2. The Morgan fingerprint density at radius 1 is 1.40 bits per heavy atom. The summed E-state index contributed by atoms with van der Waals surface area (Å²) in [6.45, 7) is 14.3. The van der Waals surface area contributed by atoms with E-state index in [9.17, 15) is 0 Å². The average Bonchev–Trinajstić information content (AvgIpc) is 3.09. The summed E-state index contributed by atoms with van der Waals surface area (Å²) in [4.78, 5) is 13.0. The number of guanidine groups is 1. The first-order chi connectivity index (χ1) is 11.4. The lowest BCUT2D eigenvalue weighted by Gasteiger charge is -2.21. The minimum Gasteiger partial charge on any atom is -0.356 e. The molecule has 2 rings (SSSR count). The first-order valence-corrected chi connectivity index (χ1v) is 9.92. The molecule has 2 N–H and O–H groups in total. The SMILES string of the molecule is CCc1nc(CCNC(=NC)NC2CN(C(C)C)CC2C)sc1C.I. The van der Waals surface area contributed by atoms with Gasteiger partial charge in [0.25, 0.3) is 0 Å². The monoisotopic (exact) mass is 479 g/mol. The van der Waals surface area contributed by atoms with E-state index in [-0.39, 0.29) is 24.0 Å². The number of nitrogens with zero attached hydrogens (tertiary/aromatic N) is 3. The van der Waals surface area contributed by atoms with Crippen molar-refractivity contribution in [2.24, 2.45) is 10.9 Å². The van der Waals surface area contributed by atoms with Gasteiger partial charge in [-0.2, -0.15) is 0 Å². The number of halogens is 1. The minimum absolute atomic E-state index is 0. The van der Waals surface area contributed by atoms with E-state index < -0.39 is 0 Å². The van der Waals surface area contributed by atoms with Gasteiger partial charge in [0, 0.05) is 50.1 Å². The molecule has 1 aliphatic rings. The van der Waals surface area contributed by atoms with Crippen LogP contribution in [-0.2, 0) is 12.8 Å². The summed E-state index contributed by atoms with van der Waals surface area (Å²) in [6, 6.07) is 1.07. The van der Waals surface area contributed by atoms with E-state index in [4.69, 9.17) is 4.98 Å². The maximum atomic E-state index is 4.71. The highest BCUT2D eigenvalue weighted by molar-refractivity contribution is 14.0. The van der Waals surface area contributed by atoms with Crippen LogP contribution in [0.2, 0.25) is 0 Å². The van der Waals surface area contributed by atoms with Gasteiger partial charge in [0.15, 0.2) is 5.96 Å². The fourth-order valence-electron chi connectivity index (χ4n) is 3.19. The van der Waals surface area contributed by atoms with Crippen molar-refractivity contribution in [3.63, 3.8) is 0 Å². The Morgan fingerprint density at radius 2 is 2.12 bits per heavy atom. The van der Waals surface area contributed by atoms with Gasteiger partial charge in [0.05, 0.1) is 10.7 Å². The third-order valence-corrected chi connectivity index (χ3v) is 5.89. The molecule has 2 heterocycles. The zero-order valence-electron chi connectivity index (χ0n) is 16.4. The van der Waals surface area contributed by atoms with Crippen molar-refractivity contribution < 1.29 is 0 Å². The predicted molar refractivity (Wildman–Crippen MR) is 120 cm³/mol. The standard InChI is InChI=1S/C18H33N5S.HI/c1-7-15-14(5)24-17(21-15)8-9-20-18(19-6)22-16-11-23(12(2)3)10-13(16)4;/h12-13,16H,7-11H2,1-6H3,(H2,19,20,22);1H. The van der Waals surface area contributed by atoms with Gasteiger partial charge in [-0.3, -0.25) is 9.89 Å². The molecule has 0 spiro atoms. The van der Waals surface area contributed by atoms with Crippen LogP contribution in [0.4, 0.5) is 0 Å². The van der Waals surface area contributed by atoms with Crippen molar-refractivity contribution in [1.82, 2.24) is 20.5 Å². The fourth-order valence-corrected chi connectivity index (χ4v) is 4.22. The second-order valence-corrected chi connectivity index (χ2v) is 8.28. The van der Waals surface area contributed by atoms with Crippen LogP contribution in [0.3, 0.4) is 0 Å². The van der Waals surface area contributed by atoms with E-state index in [1.54, 1.807) is 0 Å². The predicted octanol–water partition coefficient (Wildman–Crippen LogP) is 3.07.